The van der Waals surface area contributed by atoms with Crippen molar-refractivity contribution in [3.05, 3.63) is 57.4 Å². The van der Waals surface area contributed by atoms with Crippen LogP contribution in [0.15, 0.2) is 46.9 Å². The topological polar surface area (TPSA) is 55.7 Å². The molecule has 1 heterocycles. The number of hydrogen-bond donors (Lipinski definition) is 1. The zero-order valence-corrected chi connectivity index (χ0v) is 17.0. The van der Waals surface area contributed by atoms with E-state index in [1.165, 1.54) is 11.3 Å². The monoisotopic (exact) mass is 421 g/mol. The predicted octanol–water partition coefficient (Wildman–Crippen LogP) is 5.97. The number of halogens is 2. The number of hydrogen-bond acceptors (Lipinski definition) is 6. The SMILES string of the molecule is CCOc1cc(C=NNc2nc(-c3ccc(Cl)cc3Cl)cs2)ccc1OC. The van der Waals surface area contributed by atoms with Crippen molar-refractivity contribution >= 4 is 45.9 Å². The largest absolute Gasteiger partial charge is 0.493 e. The van der Waals surface area contributed by atoms with Crippen LogP contribution >= 0.6 is 34.5 Å². The number of anilines is 1. The molecule has 1 aromatic heterocycles. The number of nitrogens with zero attached hydrogens (tertiary/aromatic N) is 2. The molecule has 0 fully saturated rings. The van der Waals surface area contributed by atoms with Gasteiger partial charge in [-0.2, -0.15) is 5.10 Å². The van der Waals surface area contributed by atoms with E-state index in [9.17, 15) is 0 Å². The molecule has 0 unspecified atom stereocenters. The number of aromatic nitrogens is 1. The van der Waals surface area contributed by atoms with Crippen LogP contribution in [-0.2, 0) is 0 Å². The van der Waals surface area contributed by atoms with Crippen LogP contribution in [0.5, 0.6) is 11.5 Å². The molecule has 0 spiro atoms. The molecule has 0 saturated heterocycles. The third kappa shape index (κ3) is 4.91. The fourth-order valence-electron chi connectivity index (χ4n) is 2.35. The molecule has 8 heteroatoms. The number of hydrazone groups is 1. The minimum absolute atomic E-state index is 0.560. The molecule has 0 aliphatic carbocycles. The van der Waals surface area contributed by atoms with Gasteiger partial charge in [-0.05, 0) is 48.9 Å². The van der Waals surface area contributed by atoms with Gasteiger partial charge in [0.15, 0.2) is 11.5 Å². The minimum atomic E-state index is 0.560. The summed E-state index contributed by atoms with van der Waals surface area (Å²) in [5.74, 6) is 1.37. The van der Waals surface area contributed by atoms with Gasteiger partial charge < -0.3 is 9.47 Å². The number of ether oxygens (including phenoxy) is 2. The molecule has 3 rings (SSSR count). The van der Waals surface area contributed by atoms with E-state index < -0.39 is 0 Å². The van der Waals surface area contributed by atoms with Crippen LogP contribution in [0.4, 0.5) is 5.13 Å². The van der Waals surface area contributed by atoms with Crippen LogP contribution in [0.25, 0.3) is 11.3 Å². The molecule has 3 aromatic rings. The smallest absolute Gasteiger partial charge is 0.203 e. The maximum Gasteiger partial charge on any atom is 0.203 e. The average Bonchev–Trinajstić information content (AvgIpc) is 3.11. The summed E-state index contributed by atoms with van der Waals surface area (Å²) in [5, 5.41) is 7.95. The standard InChI is InChI=1S/C19H17Cl2N3O2S/c1-3-26-18-8-12(4-7-17(18)25-2)10-22-24-19-23-16(11-27-19)14-6-5-13(20)9-15(14)21/h4-11H,3H2,1-2H3,(H,23,24). The average molecular weight is 422 g/mol. The molecule has 0 bridgehead atoms. The van der Waals surface area contributed by atoms with Crippen molar-refractivity contribution in [3.63, 3.8) is 0 Å². The van der Waals surface area contributed by atoms with Gasteiger partial charge in [0, 0.05) is 16.0 Å². The number of nitrogens with one attached hydrogen (secondary N) is 1. The molecule has 5 nitrogen and oxygen atoms in total. The third-order valence-electron chi connectivity index (χ3n) is 3.57. The van der Waals surface area contributed by atoms with Crippen LogP contribution in [-0.4, -0.2) is 24.9 Å². The Labute approximate surface area is 171 Å². The first-order chi connectivity index (χ1) is 13.1. The van der Waals surface area contributed by atoms with E-state index >= 15 is 0 Å². The molecule has 27 heavy (non-hydrogen) atoms. The van der Waals surface area contributed by atoms with E-state index in [2.05, 4.69) is 15.5 Å². The van der Waals surface area contributed by atoms with Gasteiger partial charge in [0.25, 0.3) is 0 Å². The summed E-state index contributed by atoms with van der Waals surface area (Å²) < 4.78 is 10.8. The maximum absolute atomic E-state index is 6.23. The number of thiazole rings is 1. The zero-order valence-electron chi connectivity index (χ0n) is 14.7. The Kier molecular flexibility index (Phi) is 6.55. The molecular weight excluding hydrogens is 405 g/mol. The van der Waals surface area contributed by atoms with Gasteiger partial charge in [-0.15, -0.1) is 11.3 Å². The highest BCUT2D eigenvalue weighted by Crippen LogP contribution is 2.32. The summed E-state index contributed by atoms with van der Waals surface area (Å²) in [7, 11) is 1.61. The van der Waals surface area contributed by atoms with Gasteiger partial charge in [0.1, 0.15) is 0 Å². The Hall–Kier alpha value is -2.28. The number of rotatable bonds is 7. The fourth-order valence-corrected chi connectivity index (χ4v) is 3.51. The lowest BCUT2D eigenvalue weighted by Crippen LogP contribution is -1.97. The quantitative estimate of drug-likeness (QED) is 0.377. The molecule has 0 aliphatic heterocycles. The number of benzene rings is 2. The van der Waals surface area contributed by atoms with Crippen LogP contribution in [0.1, 0.15) is 12.5 Å². The van der Waals surface area contributed by atoms with Crippen molar-refractivity contribution in [1.82, 2.24) is 4.98 Å². The summed E-state index contributed by atoms with van der Waals surface area (Å²) in [6.07, 6.45) is 1.69. The summed E-state index contributed by atoms with van der Waals surface area (Å²) in [6.45, 7) is 2.49. The van der Waals surface area contributed by atoms with Gasteiger partial charge in [0.05, 0.1) is 30.6 Å². The minimum Gasteiger partial charge on any atom is -0.493 e. The molecule has 0 aliphatic rings. The van der Waals surface area contributed by atoms with Crippen molar-refractivity contribution in [3.8, 4) is 22.8 Å². The van der Waals surface area contributed by atoms with E-state index in [0.29, 0.717) is 33.3 Å². The predicted molar refractivity (Wildman–Crippen MR) is 113 cm³/mol. The van der Waals surface area contributed by atoms with Gasteiger partial charge in [-0.25, -0.2) is 4.98 Å². The third-order valence-corrected chi connectivity index (χ3v) is 4.87. The second-order valence-corrected chi connectivity index (χ2v) is 7.08. The fraction of sp³-hybridized carbons (Fsp3) is 0.158. The number of methoxy groups -OCH3 is 1. The second-order valence-electron chi connectivity index (χ2n) is 5.38. The Bertz CT molecular complexity index is 960. The second kappa shape index (κ2) is 9.08. The molecular formula is C19H17Cl2N3O2S. The Balaban J connectivity index is 1.70. The Morgan fingerprint density at radius 1 is 1.19 bits per heavy atom. The molecule has 0 saturated carbocycles. The Morgan fingerprint density at radius 3 is 2.78 bits per heavy atom. The summed E-state index contributed by atoms with van der Waals surface area (Å²) in [4.78, 5) is 4.50. The normalized spacial score (nSPS) is 11.0. The highest BCUT2D eigenvalue weighted by atomic mass is 35.5. The van der Waals surface area contributed by atoms with E-state index in [4.69, 9.17) is 32.7 Å². The molecule has 1 N–H and O–H groups in total. The van der Waals surface area contributed by atoms with Crippen LogP contribution in [0.2, 0.25) is 10.0 Å². The maximum atomic E-state index is 6.23. The Morgan fingerprint density at radius 2 is 2.04 bits per heavy atom. The van der Waals surface area contributed by atoms with Crippen molar-refractivity contribution in [2.24, 2.45) is 5.10 Å². The summed E-state index contributed by atoms with van der Waals surface area (Å²) in [5.41, 5.74) is 5.40. The van der Waals surface area contributed by atoms with Crippen molar-refractivity contribution in [1.29, 1.82) is 0 Å². The van der Waals surface area contributed by atoms with E-state index in [1.54, 1.807) is 25.5 Å². The van der Waals surface area contributed by atoms with Gasteiger partial charge in [-0.3, -0.25) is 5.43 Å². The molecule has 140 valence electrons. The van der Waals surface area contributed by atoms with Crippen LogP contribution in [0, 0.1) is 0 Å². The lowest BCUT2D eigenvalue weighted by molar-refractivity contribution is 0.311. The lowest BCUT2D eigenvalue weighted by atomic mass is 10.2. The summed E-state index contributed by atoms with van der Waals surface area (Å²) >= 11 is 13.6. The first-order valence-corrected chi connectivity index (χ1v) is 9.75. The highest BCUT2D eigenvalue weighted by Gasteiger charge is 2.09. The zero-order chi connectivity index (χ0) is 19.2. The molecule has 0 radical (unpaired) electrons. The molecule has 0 atom stereocenters. The molecule has 2 aromatic carbocycles. The van der Waals surface area contributed by atoms with Crippen LogP contribution < -0.4 is 14.9 Å². The van der Waals surface area contributed by atoms with Crippen molar-refractivity contribution in [2.45, 2.75) is 6.92 Å². The van der Waals surface area contributed by atoms with Crippen molar-refractivity contribution in [2.75, 3.05) is 19.1 Å². The molecule has 0 amide bonds. The van der Waals surface area contributed by atoms with Gasteiger partial charge in [-0.1, -0.05) is 23.2 Å². The lowest BCUT2D eigenvalue weighted by Gasteiger charge is -2.09. The highest BCUT2D eigenvalue weighted by molar-refractivity contribution is 7.14. The van der Waals surface area contributed by atoms with Crippen LogP contribution in [0.3, 0.4) is 0 Å². The first kappa shape index (κ1) is 19.5. The van der Waals surface area contributed by atoms with E-state index in [1.807, 2.05) is 36.6 Å². The van der Waals surface area contributed by atoms with E-state index in [0.717, 1.165) is 16.8 Å². The van der Waals surface area contributed by atoms with Gasteiger partial charge in [0.2, 0.25) is 5.13 Å². The van der Waals surface area contributed by atoms with Gasteiger partial charge >= 0.3 is 0 Å². The van der Waals surface area contributed by atoms with E-state index in [-0.39, 0.29) is 0 Å². The van der Waals surface area contributed by atoms with Crippen molar-refractivity contribution < 1.29 is 9.47 Å². The first-order valence-electron chi connectivity index (χ1n) is 8.11. The summed E-state index contributed by atoms with van der Waals surface area (Å²) in [6, 6.07) is 10.9.